The minimum atomic E-state index is 0.628. The van der Waals surface area contributed by atoms with E-state index >= 15 is 0 Å². The fraction of sp³-hybridized carbons (Fsp3) is 0. The number of hydrogen-bond donors (Lipinski definition) is 0. The van der Waals surface area contributed by atoms with Crippen LogP contribution in [0, 0.1) is 0 Å². The van der Waals surface area contributed by atoms with Gasteiger partial charge >= 0.3 is 0 Å². The molecule has 0 aliphatic heterocycles. The molecule has 298 valence electrons. The third-order valence-corrected chi connectivity index (χ3v) is 16.3. The summed E-state index contributed by atoms with van der Waals surface area (Å²) in [6, 6.07) is 70.1. The summed E-state index contributed by atoms with van der Waals surface area (Å²) in [5, 5.41) is 9.92. The van der Waals surface area contributed by atoms with Gasteiger partial charge in [-0.25, -0.2) is 15.0 Å². The van der Waals surface area contributed by atoms with Gasteiger partial charge in [0.15, 0.2) is 17.5 Å². The molecule has 14 rings (SSSR count). The lowest BCUT2D eigenvalue weighted by Gasteiger charge is -2.15. The molecule has 7 heteroatoms. The lowest BCUT2D eigenvalue weighted by molar-refractivity contribution is 1.08. The molecule has 0 amide bonds. The molecule has 5 aromatic heterocycles. The van der Waals surface area contributed by atoms with Crippen LogP contribution in [-0.4, -0.2) is 19.5 Å². The van der Waals surface area contributed by atoms with E-state index in [0.717, 1.165) is 39.0 Å². The summed E-state index contributed by atoms with van der Waals surface area (Å²) in [5.74, 6) is 1.94. The second-order valence-corrected chi connectivity index (χ2v) is 19.4. The summed E-state index contributed by atoms with van der Waals surface area (Å²) in [4.78, 5) is 16.4. The zero-order chi connectivity index (χ0) is 41.9. The minimum Gasteiger partial charge on any atom is -0.308 e. The van der Waals surface area contributed by atoms with Crippen LogP contribution in [0.15, 0.2) is 194 Å². The van der Waals surface area contributed by atoms with E-state index in [1.165, 1.54) is 76.8 Å². The van der Waals surface area contributed by atoms with Gasteiger partial charge in [-0.15, -0.1) is 34.0 Å². The summed E-state index contributed by atoms with van der Waals surface area (Å²) in [7, 11) is 0. The quantitative estimate of drug-likeness (QED) is 0.173. The molecule has 9 aromatic carbocycles. The minimum absolute atomic E-state index is 0.628. The smallest absolute Gasteiger partial charge is 0.165 e. The lowest BCUT2D eigenvalue weighted by Crippen LogP contribution is -2.02. The first-order valence-electron chi connectivity index (χ1n) is 21.3. The van der Waals surface area contributed by atoms with Crippen molar-refractivity contribution < 1.29 is 0 Å². The Hall–Kier alpha value is -7.55. The summed E-state index contributed by atoms with van der Waals surface area (Å²) < 4.78 is 9.86. The Morgan fingerprint density at radius 2 is 0.781 bits per heavy atom. The van der Waals surface area contributed by atoms with Crippen LogP contribution in [0.4, 0.5) is 0 Å². The fourth-order valence-corrected chi connectivity index (χ4v) is 13.4. The van der Waals surface area contributed by atoms with Gasteiger partial charge in [0.25, 0.3) is 0 Å². The molecule has 0 radical (unpaired) electrons. The van der Waals surface area contributed by atoms with E-state index in [9.17, 15) is 0 Å². The van der Waals surface area contributed by atoms with E-state index in [1.54, 1.807) is 22.7 Å². The SMILES string of the molecule is c1ccc(-c2cc(-c3nc(-c4cccc5c4sc4ccccc45)nc(-c4cccc5c4sc4ccccc45)n3)cc(-n3c4ccccc4c4ccc5c6ccccc6sc5c43)c2)cc1. The van der Waals surface area contributed by atoms with Gasteiger partial charge in [0, 0.05) is 89.0 Å². The maximum absolute atomic E-state index is 5.48. The van der Waals surface area contributed by atoms with Gasteiger partial charge in [0.2, 0.25) is 0 Å². The van der Waals surface area contributed by atoms with Gasteiger partial charge in [-0.3, -0.25) is 0 Å². The van der Waals surface area contributed by atoms with Crippen LogP contribution in [0.3, 0.4) is 0 Å². The second-order valence-electron chi connectivity index (χ2n) is 16.3. The van der Waals surface area contributed by atoms with Gasteiger partial charge in [-0.1, -0.05) is 140 Å². The molecule has 14 aromatic rings. The maximum atomic E-state index is 5.48. The molecule has 0 unspecified atom stereocenters. The highest BCUT2D eigenvalue weighted by molar-refractivity contribution is 7.27. The number of benzene rings is 9. The van der Waals surface area contributed by atoms with Crippen molar-refractivity contribution in [3.05, 3.63) is 194 Å². The largest absolute Gasteiger partial charge is 0.308 e. The fourth-order valence-electron chi connectivity index (χ4n) is 9.76. The molecule has 0 aliphatic rings. The van der Waals surface area contributed by atoms with Crippen molar-refractivity contribution in [3.63, 3.8) is 0 Å². The van der Waals surface area contributed by atoms with E-state index in [4.69, 9.17) is 15.0 Å². The van der Waals surface area contributed by atoms with Crippen LogP contribution < -0.4 is 0 Å². The zero-order valence-corrected chi connectivity index (χ0v) is 36.4. The molecular weight excluding hydrogens is 837 g/mol. The average molecular weight is 869 g/mol. The summed E-state index contributed by atoms with van der Waals surface area (Å²) in [6.45, 7) is 0. The third-order valence-electron chi connectivity index (χ3n) is 12.6. The Balaban J connectivity index is 1.08. The van der Waals surface area contributed by atoms with Crippen LogP contribution in [0.25, 0.3) is 133 Å². The highest BCUT2D eigenvalue weighted by Crippen LogP contribution is 2.45. The Bertz CT molecular complexity index is 4080. The monoisotopic (exact) mass is 868 g/mol. The molecule has 0 spiro atoms. The van der Waals surface area contributed by atoms with E-state index < -0.39 is 0 Å². The molecule has 0 fully saturated rings. The molecule has 0 saturated carbocycles. The van der Waals surface area contributed by atoms with Crippen molar-refractivity contribution in [1.82, 2.24) is 19.5 Å². The Morgan fingerprint density at radius 1 is 0.312 bits per heavy atom. The normalized spacial score (nSPS) is 12.1. The summed E-state index contributed by atoms with van der Waals surface area (Å²) in [6.07, 6.45) is 0. The van der Waals surface area contributed by atoms with Crippen molar-refractivity contribution in [2.24, 2.45) is 0 Å². The molecule has 0 N–H and O–H groups in total. The molecule has 0 atom stereocenters. The van der Waals surface area contributed by atoms with Gasteiger partial charge in [0.1, 0.15) is 0 Å². The van der Waals surface area contributed by atoms with Gasteiger partial charge in [-0.2, -0.15) is 0 Å². The standard InChI is InChI=1S/C57H32N4S3/c1-2-14-33(15-3-1)34-30-35(32-36(31-34)61-47-24-8-4-16-37(47)41-28-29-44-40-19-7-11-27-50(40)64-54(44)51(41)61)55-58-56(45-22-12-20-42-38-17-5-9-25-48(38)62-52(42)45)60-57(59-55)46-23-13-21-43-39-18-6-10-26-49(39)63-53(43)46/h1-32H. The number of rotatable bonds is 5. The lowest BCUT2D eigenvalue weighted by atomic mass is 10.0. The molecule has 0 aliphatic carbocycles. The molecule has 64 heavy (non-hydrogen) atoms. The van der Waals surface area contributed by atoms with Gasteiger partial charge in [-0.05, 0) is 65.7 Å². The Morgan fingerprint density at radius 3 is 1.41 bits per heavy atom. The first kappa shape index (κ1) is 36.0. The van der Waals surface area contributed by atoms with E-state index in [0.29, 0.717) is 17.5 Å². The van der Waals surface area contributed by atoms with E-state index in [2.05, 4.69) is 199 Å². The van der Waals surface area contributed by atoms with Crippen molar-refractivity contribution in [2.45, 2.75) is 0 Å². The van der Waals surface area contributed by atoms with Crippen LogP contribution in [0.5, 0.6) is 0 Å². The Labute approximate surface area is 378 Å². The van der Waals surface area contributed by atoms with E-state index in [1.807, 2.05) is 11.3 Å². The zero-order valence-electron chi connectivity index (χ0n) is 34.0. The predicted octanol–water partition coefficient (Wildman–Crippen LogP) is 16.7. The number of hydrogen-bond acceptors (Lipinski definition) is 6. The number of nitrogens with zero attached hydrogens (tertiary/aromatic N) is 4. The predicted molar refractivity (Wildman–Crippen MR) is 275 cm³/mol. The van der Waals surface area contributed by atoms with Crippen LogP contribution in [0.1, 0.15) is 0 Å². The topological polar surface area (TPSA) is 43.6 Å². The average Bonchev–Trinajstić information content (AvgIpc) is 4.13. The number of aromatic nitrogens is 4. The maximum Gasteiger partial charge on any atom is 0.165 e. The molecule has 5 heterocycles. The highest BCUT2D eigenvalue weighted by atomic mass is 32.1. The first-order chi connectivity index (χ1) is 31.7. The number of para-hydroxylation sites is 1. The second kappa shape index (κ2) is 14.0. The van der Waals surface area contributed by atoms with Gasteiger partial charge < -0.3 is 4.57 Å². The van der Waals surface area contributed by atoms with Crippen LogP contribution in [0.2, 0.25) is 0 Å². The molecule has 0 bridgehead atoms. The van der Waals surface area contributed by atoms with Crippen LogP contribution >= 0.6 is 34.0 Å². The highest BCUT2D eigenvalue weighted by Gasteiger charge is 2.22. The Kier molecular flexibility index (Phi) is 7.86. The third kappa shape index (κ3) is 5.42. The van der Waals surface area contributed by atoms with Crippen molar-refractivity contribution in [3.8, 4) is 51.0 Å². The molecule has 0 saturated heterocycles. The van der Waals surface area contributed by atoms with Crippen molar-refractivity contribution in [1.29, 1.82) is 0 Å². The van der Waals surface area contributed by atoms with Gasteiger partial charge in [0.05, 0.1) is 15.7 Å². The number of thiophene rings is 3. The summed E-state index contributed by atoms with van der Waals surface area (Å²) >= 11 is 5.46. The molecular formula is C57H32N4S3. The summed E-state index contributed by atoms with van der Waals surface area (Å²) in [5.41, 5.74) is 8.55. The van der Waals surface area contributed by atoms with Crippen molar-refractivity contribution in [2.75, 3.05) is 0 Å². The molecule has 4 nitrogen and oxygen atoms in total. The first-order valence-corrected chi connectivity index (χ1v) is 23.8. The number of fused-ring (bicyclic) bond motifs is 13. The van der Waals surface area contributed by atoms with Crippen LogP contribution in [-0.2, 0) is 0 Å². The van der Waals surface area contributed by atoms with E-state index in [-0.39, 0.29) is 0 Å². The van der Waals surface area contributed by atoms with Crippen molar-refractivity contribution >= 4 is 116 Å².